The third-order valence-corrected chi connectivity index (χ3v) is 5.62. The summed E-state index contributed by atoms with van der Waals surface area (Å²) in [5.74, 6) is 0.0969. The van der Waals surface area contributed by atoms with Crippen LogP contribution in [0.1, 0.15) is 61.1 Å². The molecule has 0 saturated carbocycles. The third-order valence-electron chi connectivity index (χ3n) is 5.62. The van der Waals surface area contributed by atoms with Gasteiger partial charge < -0.3 is 10.2 Å². The smallest absolute Gasteiger partial charge is 0.256 e. The first-order valence-electron chi connectivity index (χ1n) is 10.5. The standard InChI is InChI=1S/C23H33N5O2/c1-23(2,3)17-8-10-18(11-9-17)25-20(29)15-28-12-6-7-16(14-28)21-19(13-24-26-21)22(30)27(4)5/h8-11,13,16H,6-7,12,14-15H2,1-5H3,(H,24,26)(H,25,29)/t16-/m1/s1. The Morgan fingerprint density at radius 3 is 2.57 bits per heavy atom. The summed E-state index contributed by atoms with van der Waals surface area (Å²) in [6.07, 6.45) is 3.56. The molecule has 0 unspecified atom stereocenters. The number of aromatic amines is 1. The zero-order chi connectivity index (χ0) is 21.9. The number of rotatable bonds is 5. The van der Waals surface area contributed by atoms with E-state index in [2.05, 4.69) is 53.3 Å². The van der Waals surface area contributed by atoms with Gasteiger partial charge in [-0.2, -0.15) is 5.10 Å². The Balaban J connectivity index is 1.59. The number of carbonyl (C=O) groups is 2. The van der Waals surface area contributed by atoms with Gasteiger partial charge in [0.05, 0.1) is 24.0 Å². The fourth-order valence-electron chi connectivity index (χ4n) is 3.91. The average Bonchev–Trinajstić information content (AvgIpc) is 3.17. The third kappa shape index (κ3) is 5.27. The molecule has 0 bridgehead atoms. The molecule has 3 rings (SSSR count). The van der Waals surface area contributed by atoms with Gasteiger partial charge in [0.25, 0.3) is 5.91 Å². The zero-order valence-electron chi connectivity index (χ0n) is 18.7. The first-order chi connectivity index (χ1) is 14.1. The normalized spacial score (nSPS) is 17.6. The van der Waals surface area contributed by atoms with E-state index in [1.165, 1.54) is 5.56 Å². The highest BCUT2D eigenvalue weighted by molar-refractivity contribution is 5.95. The molecule has 1 aliphatic heterocycles. The Labute approximate surface area is 178 Å². The number of amides is 2. The maximum absolute atomic E-state index is 12.6. The molecular weight excluding hydrogens is 378 g/mol. The number of H-pyrrole nitrogens is 1. The highest BCUT2D eigenvalue weighted by Crippen LogP contribution is 2.28. The molecule has 1 saturated heterocycles. The van der Waals surface area contributed by atoms with Crippen LogP contribution in [0.5, 0.6) is 0 Å². The van der Waals surface area contributed by atoms with Crippen LogP contribution in [0.25, 0.3) is 0 Å². The molecule has 0 aliphatic carbocycles. The molecule has 0 radical (unpaired) electrons. The van der Waals surface area contributed by atoms with Gasteiger partial charge in [-0.05, 0) is 42.5 Å². The molecule has 2 N–H and O–H groups in total. The molecule has 7 heteroatoms. The lowest BCUT2D eigenvalue weighted by Gasteiger charge is -2.32. The van der Waals surface area contributed by atoms with Crippen LogP contribution in [0, 0.1) is 0 Å². The van der Waals surface area contributed by atoms with Crippen LogP contribution in [-0.2, 0) is 10.2 Å². The first-order valence-corrected chi connectivity index (χ1v) is 10.5. The van der Waals surface area contributed by atoms with E-state index in [4.69, 9.17) is 0 Å². The molecule has 1 atom stereocenters. The Morgan fingerprint density at radius 2 is 1.93 bits per heavy atom. The molecule has 0 spiro atoms. The van der Waals surface area contributed by atoms with Gasteiger partial charge in [0, 0.05) is 32.2 Å². The van der Waals surface area contributed by atoms with Crippen molar-refractivity contribution in [3.05, 3.63) is 47.3 Å². The fraction of sp³-hybridized carbons (Fsp3) is 0.522. The number of nitrogens with one attached hydrogen (secondary N) is 2. The molecule has 1 fully saturated rings. The second-order valence-corrected chi connectivity index (χ2v) is 9.35. The van der Waals surface area contributed by atoms with Crippen molar-refractivity contribution in [1.82, 2.24) is 20.0 Å². The number of aromatic nitrogens is 2. The highest BCUT2D eigenvalue weighted by Gasteiger charge is 2.28. The van der Waals surface area contributed by atoms with E-state index < -0.39 is 0 Å². The molecular formula is C23H33N5O2. The monoisotopic (exact) mass is 411 g/mol. The van der Waals surface area contributed by atoms with E-state index in [9.17, 15) is 9.59 Å². The van der Waals surface area contributed by atoms with Crippen molar-refractivity contribution < 1.29 is 9.59 Å². The van der Waals surface area contributed by atoms with E-state index in [1.807, 2.05) is 12.1 Å². The summed E-state index contributed by atoms with van der Waals surface area (Å²) < 4.78 is 0. The molecule has 1 aromatic carbocycles. The Bertz CT molecular complexity index is 880. The summed E-state index contributed by atoms with van der Waals surface area (Å²) >= 11 is 0. The lowest BCUT2D eigenvalue weighted by molar-refractivity contribution is -0.117. The molecule has 7 nitrogen and oxygen atoms in total. The molecule has 2 heterocycles. The predicted molar refractivity (Wildman–Crippen MR) is 119 cm³/mol. The maximum atomic E-state index is 12.6. The summed E-state index contributed by atoms with van der Waals surface area (Å²) in [4.78, 5) is 28.7. The summed E-state index contributed by atoms with van der Waals surface area (Å²) in [5.41, 5.74) is 3.63. The van der Waals surface area contributed by atoms with Crippen LogP contribution >= 0.6 is 0 Å². The largest absolute Gasteiger partial charge is 0.345 e. The Hall–Kier alpha value is -2.67. The lowest BCUT2D eigenvalue weighted by atomic mass is 9.87. The van der Waals surface area contributed by atoms with Gasteiger partial charge in [-0.25, -0.2) is 0 Å². The van der Waals surface area contributed by atoms with Gasteiger partial charge in [-0.3, -0.25) is 19.6 Å². The summed E-state index contributed by atoms with van der Waals surface area (Å²) in [5, 5.41) is 10.1. The average molecular weight is 412 g/mol. The topological polar surface area (TPSA) is 81.3 Å². The van der Waals surface area contributed by atoms with E-state index in [0.717, 1.165) is 37.3 Å². The number of nitrogens with zero attached hydrogens (tertiary/aromatic N) is 3. The lowest BCUT2D eigenvalue weighted by Crippen LogP contribution is -2.40. The van der Waals surface area contributed by atoms with E-state index in [0.29, 0.717) is 12.1 Å². The number of likely N-dealkylation sites (tertiary alicyclic amines) is 1. The zero-order valence-corrected chi connectivity index (χ0v) is 18.7. The van der Waals surface area contributed by atoms with Gasteiger partial charge in [0.1, 0.15) is 0 Å². The van der Waals surface area contributed by atoms with E-state index >= 15 is 0 Å². The van der Waals surface area contributed by atoms with Gasteiger partial charge in [0.15, 0.2) is 0 Å². The molecule has 1 aromatic heterocycles. The van der Waals surface area contributed by atoms with Gasteiger partial charge in [-0.1, -0.05) is 32.9 Å². The quantitative estimate of drug-likeness (QED) is 0.792. The Kier molecular flexibility index (Phi) is 6.61. The van der Waals surface area contributed by atoms with E-state index in [-0.39, 0.29) is 23.1 Å². The van der Waals surface area contributed by atoms with Crippen molar-refractivity contribution in [3.63, 3.8) is 0 Å². The maximum Gasteiger partial charge on any atom is 0.256 e. The minimum atomic E-state index is -0.0488. The number of hydrogen-bond acceptors (Lipinski definition) is 4. The van der Waals surface area contributed by atoms with Gasteiger partial charge in [-0.15, -0.1) is 0 Å². The SMILES string of the molecule is CN(C)C(=O)c1cn[nH]c1[C@@H]1CCCN(CC(=O)Nc2ccc(C(C)(C)C)cc2)C1. The number of piperidine rings is 1. The van der Waals surface area contributed by atoms with Crippen LogP contribution in [0.2, 0.25) is 0 Å². The number of benzene rings is 1. The van der Waals surface area contributed by atoms with Crippen LogP contribution in [0.3, 0.4) is 0 Å². The number of anilines is 1. The van der Waals surface area contributed by atoms with Crippen molar-refractivity contribution in [2.24, 2.45) is 0 Å². The summed E-state index contributed by atoms with van der Waals surface area (Å²) in [6, 6.07) is 8.05. The van der Waals surface area contributed by atoms with Crippen molar-refractivity contribution in [1.29, 1.82) is 0 Å². The second-order valence-electron chi connectivity index (χ2n) is 9.35. The first kappa shape index (κ1) is 22.0. The van der Waals surface area contributed by atoms with Crippen LogP contribution in [0.4, 0.5) is 5.69 Å². The second kappa shape index (κ2) is 9.00. The molecule has 2 aromatic rings. The molecule has 30 heavy (non-hydrogen) atoms. The molecule has 162 valence electrons. The van der Waals surface area contributed by atoms with E-state index in [1.54, 1.807) is 25.2 Å². The molecule has 1 aliphatic rings. The van der Waals surface area contributed by atoms with Crippen LogP contribution < -0.4 is 5.32 Å². The highest BCUT2D eigenvalue weighted by atomic mass is 16.2. The number of hydrogen-bond donors (Lipinski definition) is 2. The molecule has 2 amide bonds. The van der Waals surface area contributed by atoms with Crippen molar-refractivity contribution >= 4 is 17.5 Å². The minimum Gasteiger partial charge on any atom is -0.345 e. The van der Waals surface area contributed by atoms with Gasteiger partial charge in [0.2, 0.25) is 5.91 Å². The predicted octanol–water partition coefficient (Wildman–Crippen LogP) is 3.23. The van der Waals surface area contributed by atoms with Crippen LogP contribution in [-0.4, -0.2) is 65.5 Å². The number of carbonyl (C=O) groups excluding carboxylic acids is 2. The van der Waals surface area contributed by atoms with Crippen molar-refractivity contribution in [2.45, 2.75) is 44.9 Å². The Morgan fingerprint density at radius 1 is 1.23 bits per heavy atom. The minimum absolute atomic E-state index is 0.0200. The van der Waals surface area contributed by atoms with Crippen LogP contribution in [0.15, 0.2) is 30.5 Å². The van der Waals surface area contributed by atoms with Crippen molar-refractivity contribution in [2.75, 3.05) is 39.0 Å². The van der Waals surface area contributed by atoms with Crippen molar-refractivity contribution in [3.8, 4) is 0 Å². The summed E-state index contributed by atoms with van der Waals surface area (Å²) in [7, 11) is 3.48. The van der Waals surface area contributed by atoms with Gasteiger partial charge >= 0.3 is 0 Å². The fourth-order valence-corrected chi connectivity index (χ4v) is 3.91. The summed E-state index contributed by atoms with van der Waals surface area (Å²) in [6.45, 7) is 8.45.